The van der Waals surface area contributed by atoms with E-state index in [1.54, 1.807) is 11.0 Å². The molecule has 0 bridgehead atoms. The van der Waals surface area contributed by atoms with E-state index in [1.807, 2.05) is 0 Å². The number of likely N-dealkylation sites (tertiary alicyclic amines) is 1. The summed E-state index contributed by atoms with van der Waals surface area (Å²) in [4.78, 5) is 13.7. The Kier molecular flexibility index (Phi) is 6.28. The summed E-state index contributed by atoms with van der Waals surface area (Å²) in [5, 5.41) is 0. The van der Waals surface area contributed by atoms with Crippen LogP contribution in [0.25, 0.3) is 0 Å². The molecule has 1 atom stereocenters. The monoisotopic (exact) mass is 360 g/mol. The Hall–Kier alpha value is -1.54. The van der Waals surface area contributed by atoms with Gasteiger partial charge in [0, 0.05) is 13.1 Å². The number of carbonyl (C=O) groups is 1. The van der Waals surface area contributed by atoms with Crippen molar-refractivity contribution in [2.45, 2.75) is 25.7 Å². The lowest BCUT2D eigenvalue weighted by atomic mass is 9.91. The Morgan fingerprint density at radius 1 is 1.33 bits per heavy atom. The molecule has 24 heavy (non-hydrogen) atoms. The van der Waals surface area contributed by atoms with Crippen molar-refractivity contribution in [2.24, 2.45) is 5.92 Å². The zero-order valence-electron chi connectivity index (χ0n) is 13.6. The third-order valence-electron chi connectivity index (χ3n) is 4.18. The van der Waals surface area contributed by atoms with Gasteiger partial charge < -0.3 is 4.90 Å². The normalized spacial score (nSPS) is 18.6. The summed E-state index contributed by atoms with van der Waals surface area (Å²) in [5.74, 6) is -1.67. The van der Waals surface area contributed by atoms with Crippen LogP contribution in [0.1, 0.15) is 24.8 Å². The minimum absolute atomic E-state index is 0.227. The highest BCUT2D eigenvalue weighted by atomic mass is 32.2. The minimum atomic E-state index is -3.39. The van der Waals surface area contributed by atoms with Crippen molar-refractivity contribution in [3.05, 3.63) is 35.4 Å². The van der Waals surface area contributed by atoms with E-state index in [1.165, 1.54) is 6.07 Å². The zero-order valence-corrected chi connectivity index (χ0v) is 14.4. The van der Waals surface area contributed by atoms with Crippen LogP contribution in [0.2, 0.25) is 0 Å². The SMILES string of the molecule is CS(=O)(=O)NCC(=O)N1CCCC(CCc2ccc(F)c(F)c2)C1. The van der Waals surface area contributed by atoms with E-state index in [0.717, 1.165) is 37.1 Å². The Balaban J connectivity index is 1.84. The van der Waals surface area contributed by atoms with Crippen molar-refractivity contribution in [3.63, 3.8) is 0 Å². The molecular weight excluding hydrogens is 338 g/mol. The summed E-state index contributed by atoms with van der Waals surface area (Å²) in [7, 11) is -3.39. The van der Waals surface area contributed by atoms with Gasteiger partial charge in [0.1, 0.15) is 0 Å². The van der Waals surface area contributed by atoms with Gasteiger partial charge in [0.2, 0.25) is 15.9 Å². The van der Waals surface area contributed by atoms with E-state index in [0.29, 0.717) is 19.5 Å². The van der Waals surface area contributed by atoms with Crippen LogP contribution in [0, 0.1) is 17.6 Å². The number of piperidine rings is 1. The van der Waals surface area contributed by atoms with Crippen molar-refractivity contribution in [3.8, 4) is 0 Å². The van der Waals surface area contributed by atoms with Gasteiger partial charge in [-0.2, -0.15) is 0 Å². The van der Waals surface area contributed by atoms with Crippen LogP contribution in [0.15, 0.2) is 18.2 Å². The molecule has 0 aromatic heterocycles. The summed E-state index contributed by atoms with van der Waals surface area (Å²) >= 11 is 0. The van der Waals surface area contributed by atoms with Gasteiger partial charge >= 0.3 is 0 Å². The number of nitrogens with zero attached hydrogens (tertiary/aromatic N) is 1. The molecule has 1 saturated heterocycles. The number of rotatable bonds is 6. The first-order chi connectivity index (χ1) is 11.2. The Labute approximate surface area is 141 Å². The lowest BCUT2D eigenvalue weighted by molar-refractivity contribution is -0.131. The van der Waals surface area contributed by atoms with Gasteiger partial charge in [-0.1, -0.05) is 6.07 Å². The third kappa shape index (κ3) is 5.83. The number of carbonyl (C=O) groups excluding carboxylic acids is 1. The molecular formula is C16H22F2N2O3S. The minimum Gasteiger partial charge on any atom is -0.341 e. The van der Waals surface area contributed by atoms with Crippen LogP contribution < -0.4 is 4.72 Å². The molecule has 1 aliphatic rings. The number of nitrogens with one attached hydrogen (secondary N) is 1. The van der Waals surface area contributed by atoms with Crippen molar-refractivity contribution in [1.29, 1.82) is 0 Å². The van der Waals surface area contributed by atoms with E-state index in [-0.39, 0.29) is 18.4 Å². The third-order valence-corrected chi connectivity index (χ3v) is 4.85. The summed E-state index contributed by atoms with van der Waals surface area (Å²) in [6, 6.07) is 3.90. The van der Waals surface area contributed by atoms with E-state index < -0.39 is 21.7 Å². The molecule has 1 amide bonds. The van der Waals surface area contributed by atoms with E-state index in [2.05, 4.69) is 4.72 Å². The summed E-state index contributed by atoms with van der Waals surface area (Å²) in [6.07, 6.45) is 4.22. The highest BCUT2D eigenvalue weighted by Crippen LogP contribution is 2.22. The Morgan fingerprint density at radius 3 is 2.75 bits per heavy atom. The maximum atomic E-state index is 13.2. The topological polar surface area (TPSA) is 66.5 Å². The number of halogens is 2. The van der Waals surface area contributed by atoms with Crippen molar-refractivity contribution >= 4 is 15.9 Å². The molecule has 1 N–H and O–H groups in total. The number of benzene rings is 1. The van der Waals surface area contributed by atoms with Gasteiger partial charge in [-0.25, -0.2) is 21.9 Å². The number of hydrogen-bond acceptors (Lipinski definition) is 3. The van der Waals surface area contributed by atoms with E-state index in [9.17, 15) is 22.0 Å². The summed E-state index contributed by atoms with van der Waals surface area (Å²) in [5.41, 5.74) is 0.732. The molecule has 8 heteroatoms. The van der Waals surface area contributed by atoms with Crippen LogP contribution in [-0.2, 0) is 21.2 Å². The fourth-order valence-electron chi connectivity index (χ4n) is 2.90. The summed E-state index contributed by atoms with van der Waals surface area (Å²) < 4.78 is 50.4. The number of sulfonamides is 1. The van der Waals surface area contributed by atoms with Gasteiger partial charge in [0.15, 0.2) is 11.6 Å². The molecule has 1 aromatic rings. The average molecular weight is 360 g/mol. The molecule has 1 fully saturated rings. The van der Waals surface area contributed by atoms with Crippen molar-refractivity contribution in [2.75, 3.05) is 25.9 Å². The molecule has 1 aromatic carbocycles. The fraction of sp³-hybridized carbons (Fsp3) is 0.562. The first kappa shape index (κ1) is 18.8. The highest BCUT2D eigenvalue weighted by molar-refractivity contribution is 7.88. The van der Waals surface area contributed by atoms with Crippen molar-refractivity contribution in [1.82, 2.24) is 9.62 Å². The first-order valence-corrected chi connectivity index (χ1v) is 9.80. The maximum Gasteiger partial charge on any atom is 0.237 e. The van der Waals surface area contributed by atoms with Gasteiger partial charge in [-0.05, 0) is 49.3 Å². The maximum absolute atomic E-state index is 13.2. The van der Waals surface area contributed by atoms with E-state index >= 15 is 0 Å². The number of amides is 1. The van der Waals surface area contributed by atoms with Gasteiger partial charge in [-0.15, -0.1) is 0 Å². The number of hydrogen-bond donors (Lipinski definition) is 1. The molecule has 0 saturated carbocycles. The zero-order chi connectivity index (χ0) is 17.7. The molecule has 1 unspecified atom stereocenters. The van der Waals surface area contributed by atoms with Crippen molar-refractivity contribution < 1.29 is 22.0 Å². The van der Waals surface area contributed by atoms with Crippen LogP contribution in [-0.4, -0.2) is 45.1 Å². The molecule has 5 nitrogen and oxygen atoms in total. The van der Waals surface area contributed by atoms with Gasteiger partial charge in [0.25, 0.3) is 0 Å². The standard InChI is InChI=1S/C16H22F2N2O3S/c1-24(22,23)19-10-16(21)20-8-2-3-13(11-20)5-4-12-6-7-14(17)15(18)9-12/h6-7,9,13,19H,2-5,8,10-11H2,1H3. The second kappa shape index (κ2) is 8.02. The van der Waals surface area contributed by atoms with Crippen LogP contribution in [0.4, 0.5) is 8.78 Å². The predicted octanol–water partition coefficient (Wildman–Crippen LogP) is 1.69. The van der Waals surface area contributed by atoms with Gasteiger partial charge in [-0.3, -0.25) is 4.79 Å². The smallest absolute Gasteiger partial charge is 0.237 e. The van der Waals surface area contributed by atoms with Crippen LogP contribution in [0.5, 0.6) is 0 Å². The lowest BCUT2D eigenvalue weighted by Gasteiger charge is -2.33. The largest absolute Gasteiger partial charge is 0.341 e. The van der Waals surface area contributed by atoms with Crippen LogP contribution >= 0.6 is 0 Å². The molecule has 1 aliphatic heterocycles. The first-order valence-electron chi connectivity index (χ1n) is 7.91. The van der Waals surface area contributed by atoms with E-state index in [4.69, 9.17) is 0 Å². The van der Waals surface area contributed by atoms with Gasteiger partial charge in [0.05, 0.1) is 12.8 Å². The molecule has 0 radical (unpaired) electrons. The van der Waals surface area contributed by atoms with Crippen LogP contribution in [0.3, 0.4) is 0 Å². The quantitative estimate of drug-likeness (QED) is 0.839. The second-order valence-electron chi connectivity index (χ2n) is 6.23. The molecule has 2 rings (SSSR count). The Morgan fingerprint density at radius 2 is 2.08 bits per heavy atom. The summed E-state index contributed by atoms with van der Waals surface area (Å²) in [6.45, 7) is 0.953. The molecule has 0 spiro atoms. The molecule has 134 valence electrons. The lowest BCUT2D eigenvalue weighted by Crippen LogP contribution is -2.44. The molecule has 0 aliphatic carbocycles. The predicted molar refractivity (Wildman–Crippen MR) is 86.8 cm³/mol. The highest BCUT2D eigenvalue weighted by Gasteiger charge is 2.23. The second-order valence-corrected chi connectivity index (χ2v) is 8.06. The number of aryl methyl sites for hydroxylation is 1. The Bertz CT molecular complexity index is 695. The molecule has 1 heterocycles. The fourth-order valence-corrected chi connectivity index (χ4v) is 3.28. The average Bonchev–Trinajstić information content (AvgIpc) is 2.53.